The Bertz CT molecular complexity index is 340. The first-order chi connectivity index (χ1) is 5.54. The van der Waals surface area contributed by atoms with Crippen LogP contribution in [-0.4, -0.2) is 11.1 Å². The number of halogens is 2. The monoisotopic (exact) mass is 207 g/mol. The second kappa shape index (κ2) is 3.16. The minimum Gasteiger partial charge on any atom is -0.617 e. The molecule has 0 amide bonds. The zero-order chi connectivity index (χ0) is 9.30. The summed E-state index contributed by atoms with van der Waals surface area (Å²) in [5, 5.41) is 19.1. The van der Waals surface area contributed by atoms with E-state index in [2.05, 4.69) is 0 Å². The number of carbonyl (C=O) groups is 1. The molecule has 64 valence electrons. The van der Waals surface area contributed by atoms with Gasteiger partial charge in [-0.2, -0.15) is 0 Å². The fourth-order valence-electron chi connectivity index (χ4n) is 0.649. The third kappa shape index (κ3) is 1.44. The molecule has 0 saturated heterocycles. The molecule has 0 unspecified atom stereocenters. The van der Waals surface area contributed by atoms with Crippen molar-refractivity contribution in [3.05, 3.63) is 33.2 Å². The predicted octanol–water partition coefficient (Wildman–Crippen LogP) is 1.32. The Hall–Kier alpha value is -1.00. The maximum Gasteiger partial charge on any atom is 0.402 e. The Morgan fingerprint density at radius 3 is 2.58 bits per heavy atom. The molecule has 0 aliphatic heterocycles. The Balaban J connectivity index is 3.36. The first kappa shape index (κ1) is 9.09. The van der Waals surface area contributed by atoms with E-state index >= 15 is 0 Å². The molecule has 0 spiro atoms. The van der Waals surface area contributed by atoms with Crippen LogP contribution in [0.25, 0.3) is 0 Å². The second-order valence-corrected chi connectivity index (χ2v) is 2.72. The first-order valence-corrected chi connectivity index (χ1v) is 3.60. The minimum atomic E-state index is -1.34. The summed E-state index contributed by atoms with van der Waals surface area (Å²) < 4.78 is 0.0617. The average Bonchev–Trinajstić information content (AvgIpc) is 2.00. The number of aromatic carboxylic acids is 1. The van der Waals surface area contributed by atoms with E-state index in [1.807, 2.05) is 0 Å². The van der Waals surface area contributed by atoms with E-state index in [4.69, 9.17) is 28.3 Å². The molecule has 0 bridgehead atoms. The molecule has 6 heteroatoms. The van der Waals surface area contributed by atoms with Gasteiger partial charge in [0.1, 0.15) is 5.02 Å². The van der Waals surface area contributed by atoms with Gasteiger partial charge in [-0.15, -0.1) is 4.73 Å². The van der Waals surface area contributed by atoms with Crippen LogP contribution in [0, 0.1) is 5.21 Å². The average molecular weight is 208 g/mol. The molecule has 0 saturated carbocycles. The van der Waals surface area contributed by atoms with Crippen LogP contribution in [0.4, 0.5) is 0 Å². The highest BCUT2D eigenvalue weighted by atomic mass is 35.5. The molecule has 1 aromatic heterocycles. The van der Waals surface area contributed by atoms with Crippen molar-refractivity contribution in [3.8, 4) is 0 Å². The number of hydrogen-bond acceptors (Lipinski definition) is 2. The van der Waals surface area contributed by atoms with Crippen molar-refractivity contribution in [2.45, 2.75) is 0 Å². The van der Waals surface area contributed by atoms with Crippen molar-refractivity contribution >= 4 is 29.2 Å². The Labute approximate surface area is 77.5 Å². The maximum atomic E-state index is 11.0. The van der Waals surface area contributed by atoms with Gasteiger partial charge in [0.15, 0.2) is 0 Å². The van der Waals surface area contributed by atoms with Crippen LogP contribution in [0.2, 0.25) is 10.2 Å². The summed E-state index contributed by atoms with van der Waals surface area (Å²) in [5.41, 5.74) is -0.454. The Morgan fingerprint density at radius 2 is 2.08 bits per heavy atom. The van der Waals surface area contributed by atoms with Gasteiger partial charge in [-0.1, -0.05) is 11.6 Å². The van der Waals surface area contributed by atoms with Crippen molar-refractivity contribution in [3.63, 3.8) is 0 Å². The van der Waals surface area contributed by atoms with Crippen molar-refractivity contribution in [2.75, 3.05) is 0 Å². The van der Waals surface area contributed by atoms with Crippen molar-refractivity contribution in [1.29, 1.82) is 0 Å². The zero-order valence-electron chi connectivity index (χ0n) is 5.62. The highest BCUT2D eigenvalue weighted by molar-refractivity contribution is 6.40. The quantitative estimate of drug-likeness (QED) is 0.430. The molecule has 0 atom stereocenters. The standard InChI is InChI=1S/C6H3Cl2NO3/c7-3-1-2-4(6(10)11)9(12)5(3)8/h1-2H,(H,10,11). The van der Waals surface area contributed by atoms with E-state index < -0.39 is 11.7 Å². The molecular weight excluding hydrogens is 205 g/mol. The van der Waals surface area contributed by atoms with E-state index in [1.165, 1.54) is 6.07 Å². The lowest BCUT2D eigenvalue weighted by Gasteiger charge is -2.02. The van der Waals surface area contributed by atoms with E-state index in [9.17, 15) is 10.0 Å². The van der Waals surface area contributed by atoms with Crippen LogP contribution in [-0.2, 0) is 0 Å². The summed E-state index contributed by atoms with van der Waals surface area (Å²) in [5.74, 6) is -1.34. The number of nitrogens with zero attached hydrogens (tertiary/aromatic N) is 1. The SMILES string of the molecule is O=C(O)c1ccc(Cl)c(Cl)[n+]1[O-]. The third-order valence-electron chi connectivity index (χ3n) is 1.20. The summed E-state index contributed by atoms with van der Waals surface area (Å²) in [7, 11) is 0. The molecule has 1 heterocycles. The number of aromatic nitrogens is 1. The van der Waals surface area contributed by atoms with Crippen LogP contribution in [0.15, 0.2) is 12.1 Å². The smallest absolute Gasteiger partial charge is 0.402 e. The van der Waals surface area contributed by atoms with E-state index in [1.54, 1.807) is 0 Å². The van der Waals surface area contributed by atoms with Crippen LogP contribution in [0.5, 0.6) is 0 Å². The molecule has 4 nitrogen and oxygen atoms in total. The van der Waals surface area contributed by atoms with E-state index in [0.29, 0.717) is 0 Å². The molecule has 0 aliphatic carbocycles. The largest absolute Gasteiger partial charge is 0.617 e. The highest BCUT2D eigenvalue weighted by Gasteiger charge is 2.19. The molecule has 1 rings (SSSR count). The lowest BCUT2D eigenvalue weighted by Crippen LogP contribution is -2.35. The minimum absolute atomic E-state index is 0.0247. The van der Waals surface area contributed by atoms with Crippen molar-refractivity contribution in [1.82, 2.24) is 0 Å². The number of carboxylic acids is 1. The predicted molar refractivity (Wildman–Crippen MR) is 42.4 cm³/mol. The summed E-state index contributed by atoms with van der Waals surface area (Å²) >= 11 is 10.8. The molecule has 0 aliphatic rings. The van der Waals surface area contributed by atoms with E-state index in [0.717, 1.165) is 6.07 Å². The van der Waals surface area contributed by atoms with Crippen LogP contribution >= 0.6 is 23.2 Å². The van der Waals surface area contributed by atoms with Gasteiger partial charge in [0.05, 0.1) is 0 Å². The van der Waals surface area contributed by atoms with Gasteiger partial charge in [0.25, 0.3) is 0 Å². The van der Waals surface area contributed by atoms with Crippen LogP contribution in [0.3, 0.4) is 0 Å². The number of pyridine rings is 1. The maximum absolute atomic E-state index is 11.0. The van der Waals surface area contributed by atoms with Crippen molar-refractivity contribution < 1.29 is 14.6 Å². The fraction of sp³-hybridized carbons (Fsp3) is 0. The molecule has 0 aromatic carbocycles. The fourth-order valence-corrected chi connectivity index (χ4v) is 0.943. The summed E-state index contributed by atoms with van der Waals surface area (Å²) in [6.45, 7) is 0. The first-order valence-electron chi connectivity index (χ1n) is 2.85. The van der Waals surface area contributed by atoms with Gasteiger partial charge in [0, 0.05) is 6.07 Å². The molecular formula is C6H3Cl2NO3. The van der Waals surface area contributed by atoms with Gasteiger partial charge >= 0.3 is 16.8 Å². The lowest BCUT2D eigenvalue weighted by atomic mass is 10.3. The van der Waals surface area contributed by atoms with Gasteiger partial charge in [-0.25, -0.2) is 4.79 Å². The Kier molecular flexibility index (Phi) is 2.40. The molecule has 0 radical (unpaired) electrons. The zero-order valence-corrected chi connectivity index (χ0v) is 7.13. The molecule has 0 fully saturated rings. The third-order valence-corrected chi connectivity index (χ3v) is 1.96. The summed E-state index contributed by atoms with van der Waals surface area (Å²) in [6.07, 6.45) is 0. The van der Waals surface area contributed by atoms with Gasteiger partial charge < -0.3 is 10.3 Å². The molecule has 1 aromatic rings. The van der Waals surface area contributed by atoms with Crippen molar-refractivity contribution in [2.24, 2.45) is 0 Å². The second-order valence-electron chi connectivity index (χ2n) is 1.96. The summed E-state index contributed by atoms with van der Waals surface area (Å²) in [6, 6.07) is 2.34. The normalized spacial score (nSPS) is 9.83. The topological polar surface area (TPSA) is 64.2 Å². The molecule has 12 heavy (non-hydrogen) atoms. The van der Waals surface area contributed by atoms with Gasteiger partial charge in [-0.3, -0.25) is 0 Å². The summed E-state index contributed by atoms with van der Waals surface area (Å²) in [4.78, 5) is 10.4. The van der Waals surface area contributed by atoms with Gasteiger partial charge in [-0.05, 0) is 17.7 Å². The van der Waals surface area contributed by atoms with Gasteiger partial charge in [0.2, 0.25) is 0 Å². The lowest BCUT2D eigenvalue weighted by molar-refractivity contribution is -0.605. The molecule has 1 N–H and O–H groups in total. The number of rotatable bonds is 1. The number of hydrogen-bond donors (Lipinski definition) is 1. The number of carboxylic acid groups (broad SMARTS) is 1. The van der Waals surface area contributed by atoms with Crippen LogP contribution in [0.1, 0.15) is 10.5 Å². The highest BCUT2D eigenvalue weighted by Crippen LogP contribution is 2.17. The van der Waals surface area contributed by atoms with E-state index in [-0.39, 0.29) is 14.9 Å². The van der Waals surface area contributed by atoms with Crippen LogP contribution < -0.4 is 4.73 Å². The Morgan fingerprint density at radius 1 is 1.50 bits per heavy atom.